The molecule has 0 amide bonds. The number of hydrogen-bond donors (Lipinski definition) is 0. The highest BCUT2D eigenvalue weighted by Gasteiger charge is 2.35. The standard InChI is InChI=1S/C47H34/c1-47(2)45-29-41(35-15-11-33(12-16-35)39-21-19-31-7-3-5-9-37(31)27-39)23-25-43(45)44-26-24-42(30-46(44)47)36-17-13-34(14-18-36)40-22-20-32-8-4-6-10-38(32)28-40/h3-30H,1-2H3. The molecule has 0 heterocycles. The van der Waals surface area contributed by atoms with Crippen molar-refractivity contribution in [2.75, 3.05) is 0 Å². The maximum atomic E-state index is 2.42. The van der Waals surface area contributed by atoms with Crippen molar-refractivity contribution >= 4 is 21.5 Å². The average molecular weight is 599 g/mol. The first kappa shape index (κ1) is 27.6. The fourth-order valence-corrected chi connectivity index (χ4v) is 7.54. The van der Waals surface area contributed by atoms with Gasteiger partial charge >= 0.3 is 0 Å². The molecule has 0 spiro atoms. The van der Waals surface area contributed by atoms with Crippen molar-refractivity contribution in [3.63, 3.8) is 0 Å². The Kier molecular flexibility index (Phi) is 6.27. The average Bonchev–Trinajstić information content (AvgIpc) is 3.36. The first-order chi connectivity index (χ1) is 23.0. The summed E-state index contributed by atoms with van der Waals surface area (Å²) in [6.45, 7) is 4.74. The van der Waals surface area contributed by atoms with Crippen LogP contribution >= 0.6 is 0 Å². The summed E-state index contributed by atoms with van der Waals surface area (Å²) < 4.78 is 0. The van der Waals surface area contributed by atoms with Gasteiger partial charge in [0.2, 0.25) is 0 Å². The van der Waals surface area contributed by atoms with Crippen LogP contribution in [0.15, 0.2) is 170 Å². The fourth-order valence-electron chi connectivity index (χ4n) is 7.54. The second kappa shape index (κ2) is 10.7. The second-order valence-corrected chi connectivity index (χ2v) is 13.4. The van der Waals surface area contributed by atoms with E-state index < -0.39 is 0 Å². The molecule has 222 valence electrons. The summed E-state index contributed by atoms with van der Waals surface area (Å²) in [6, 6.07) is 62.7. The molecule has 0 saturated carbocycles. The molecule has 0 N–H and O–H groups in total. The molecule has 1 aliphatic rings. The highest BCUT2D eigenvalue weighted by molar-refractivity contribution is 5.90. The van der Waals surface area contributed by atoms with E-state index in [4.69, 9.17) is 0 Å². The largest absolute Gasteiger partial charge is 0.0616 e. The summed E-state index contributed by atoms with van der Waals surface area (Å²) in [5.41, 5.74) is 15.4. The maximum Gasteiger partial charge on any atom is 0.0159 e. The van der Waals surface area contributed by atoms with Gasteiger partial charge in [-0.1, -0.05) is 159 Å². The van der Waals surface area contributed by atoms with Crippen molar-refractivity contribution in [2.45, 2.75) is 19.3 Å². The summed E-state index contributed by atoms with van der Waals surface area (Å²) in [5.74, 6) is 0. The lowest BCUT2D eigenvalue weighted by Gasteiger charge is -2.22. The zero-order valence-corrected chi connectivity index (χ0v) is 26.7. The van der Waals surface area contributed by atoms with Crippen molar-refractivity contribution < 1.29 is 0 Å². The minimum atomic E-state index is -0.0905. The molecule has 0 aromatic heterocycles. The van der Waals surface area contributed by atoms with Gasteiger partial charge in [-0.15, -0.1) is 0 Å². The number of hydrogen-bond acceptors (Lipinski definition) is 0. The Morgan fingerprint density at radius 1 is 0.277 bits per heavy atom. The SMILES string of the molecule is CC1(C)c2cc(-c3ccc(-c4ccc5ccccc5c4)cc3)ccc2-c2ccc(-c3ccc(-c4ccc5ccccc5c4)cc3)cc21. The van der Waals surface area contributed by atoms with E-state index >= 15 is 0 Å². The summed E-state index contributed by atoms with van der Waals surface area (Å²) in [7, 11) is 0. The third-order valence-corrected chi connectivity index (χ3v) is 10.3. The first-order valence-electron chi connectivity index (χ1n) is 16.5. The Labute approximate surface area is 276 Å². The van der Waals surface area contributed by atoms with Gasteiger partial charge in [0.25, 0.3) is 0 Å². The van der Waals surface area contributed by atoms with Gasteiger partial charge in [-0.05, 0) is 113 Å². The third-order valence-electron chi connectivity index (χ3n) is 10.3. The van der Waals surface area contributed by atoms with Crippen LogP contribution in [-0.4, -0.2) is 0 Å². The van der Waals surface area contributed by atoms with E-state index in [0.717, 1.165) is 0 Å². The van der Waals surface area contributed by atoms with Crippen LogP contribution in [0.3, 0.4) is 0 Å². The third kappa shape index (κ3) is 4.68. The quantitative estimate of drug-likeness (QED) is 0.189. The van der Waals surface area contributed by atoms with Crippen LogP contribution < -0.4 is 0 Å². The molecule has 9 rings (SSSR count). The van der Waals surface area contributed by atoms with Gasteiger partial charge in [0, 0.05) is 5.41 Å². The number of benzene rings is 8. The molecule has 0 saturated heterocycles. The highest BCUT2D eigenvalue weighted by atomic mass is 14.4. The van der Waals surface area contributed by atoms with E-state index in [9.17, 15) is 0 Å². The van der Waals surface area contributed by atoms with Gasteiger partial charge < -0.3 is 0 Å². The van der Waals surface area contributed by atoms with Gasteiger partial charge in [0.1, 0.15) is 0 Å². The number of rotatable bonds is 4. The van der Waals surface area contributed by atoms with Crippen LogP contribution in [0, 0.1) is 0 Å². The molecule has 0 unspecified atom stereocenters. The van der Waals surface area contributed by atoms with Crippen LogP contribution in [0.25, 0.3) is 77.2 Å². The van der Waals surface area contributed by atoms with Crippen LogP contribution in [0.2, 0.25) is 0 Å². The van der Waals surface area contributed by atoms with Crippen LogP contribution in [0.4, 0.5) is 0 Å². The van der Waals surface area contributed by atoms with E-state index in [2.05, 4.69) is 184 Å². The summed E-state index contributed by atoms with van der Waals surface area (Å²) >= 11 is 0. The molecule has 0 bridgehead atoms. The Morgan fingerprint density at radius 2 is 0.574 bits per heavy atom. The van der Waals surface area contributed by atoms with Crippen LogP contribution in [0.1, 0.15) is 25.0 Å². The molecular formula is C47H34. The van der Waals surface area contributed by atoms with E-state index in [1.807, 2.05) is 0 Å². The summed E-state index contributed by atoms with van der Waals surface area (Å²) in [4.78, 5) is 0. The lowest BCUT2D eigenvalue weighted by Crippen LogP contribution is -2.15. The van der Waals surface area contributed by atoms with Gasteiger partial charge in [-0.2, -0.15) is 0 Å². The monoisotopic (exact) mass is 598 g/mol. The van der Waals surface area contributed by atoms with Crippen LogP contribution in [-0.2, 0) is 5.41 Å². The van der Waals surface area contributed by atoms with Crippen molar-refractivity contribution in [3.05, 3.63) is 181 Å². The molecule has 0 nitrogen and oxygen atoms in total. The maximum absolute atomic E-state index is 2.42. The van der Waals surface area contributed by atoms with Gasteiger partial charge in [0.15, 0.2) is 0 Å². The summed E-state index contributed by atoms with van der Waals surface area (Å²) in [5, 5.41) is 5.10. The zero-order chi connectivity index (χ0) is 31.5. The Hall–Kier alpha value is -5.72. The lowest BCUT2D eigenvalue weighted by molar-refractivity contribution is 0.661. The normalized spacial score (nSPS) is 13.1. The predicted octanol–water partition coefficient (Wildman–Crippen LogP) is 13.0. The molecule has 47 heavy (non-hydrogen) atoms. The Balaban J connectivity index is 0.998. The number of fused-ring (bicyclic) bond motifs is 5. The van der Waals surface area contributed by atoms with E-state index in [1.165, 1.54) is 88.3 Å². The van der Waals surface area contributed by atoms with Gasteiger partial charge in [-0.3, -0.25) is 0 Å². The molecular weight excluding hydrogens is 565 g/mol. The minimum absolute atomic E-state index is 0.0905. The molecule has 0 fully saturated rings. The molecule has 8 aromatic rings. The predicted molar refractivity (Wildman–Crippen MR) is 201 cm³/mol. The van der Waals surface area contributed by atoms with Gasteiger partial charge in [-0.25, -0.2) is 0 Å². The Morgan fingerprint density at radius 3 is 0.957 bits per heavy atom. The molecule has 1 aliphatic carbocycles. The minimum Gasteiger partial charge on any atom is -0.0616 e. The second-order valence-electron chi connectivity index (χ2n) is 13.4. The molecule has 0 radical (unpaired) electrons. The molecule has 0 atom stereocenters. The van der Waals surface area contributed by atoms with Crippen LogP contribution in [0.5, 0.6) is 0 Å². The first-order valence-corrected chi connectivity index (χ1v) is 16.5. The van der Waals surface area contributed by atoms with Gasteiger partial charge in [0.05, 0.1) is 0 Å². The van der Waals surface area contributed by atoms with E-state index in [-0.39, 0.29) is 5.41 Å². The Bertz CT molecular complexity index is 2280. The zero-order valence-electron chi connectivity index (χ0n) is 26.7. The van der Waals surface area contributed by atoms with E-state index in [0.29, 0.717) is 0 Å². The molecule has 0 aliphatic heterocycles. The fraction of sp³-hybridized carbons (Fsp3) is 0.0638. The molecule has 0 heteroatoms. The van der Waals surface area contributed by atoms with E-state index in [1.54, 1.807) is 0 Å². The highest BCUT2D eigenvalue weighted by Crippen LogP contribution is 2.50. The van der Waals surface area contributed by atoms with Crippen molar-refractivity contribution in [1.82, 2.24) is 0 Å². The van der Waals surface area contributed by atoms with Crippen molar-refractivity contribution in [1.29, 1.82) is 0 Å². The lowest BCUT2D eigenvalue weighted by atomic mass is 9.80. The van der Waals surface area contributed by atoms with Crippen molar-refractivity contribution in [3.8, 4) is 55.6 Å². The van der Waals surface area contributed by atoms with Crippen molar-refractivity contribution in [2.24, 2.45) is 0 Å². The topological polar surface area (TPSA) is 0 Å². The smallest absolute Gasteiger partial charge is 0.0159 e. The molecule has 8 aromatic carbocycles. The summed E-state index contributed by atoms with van der Waals surface area (Å²) in [6.07, 6.45) is 0.